The number of imide groups is 1. The van der Waals surface area contributed by atoms with Gasteiger partial charge in [-0.3, -0.25) is 24.1 Å². The molecule has 8 nitrogen and oxygen atoms in total. The van der Waals surface area contributed by atoms with Gasteiger partial charge in [-0.15, -0.1) is 0 Å². The van der Waals surface area contributed by atoms with Crippen LogP contribution in [0.25, 0.3) is 0 Å². The maximum Gasteiger partial charge on any atom is 0.261 e. The van der Waals surface area contributed by atoms with Crippen molar-refractivity contribution < 1.29 is 19.2 Å². The van der Waals surface area contributed by atoms with Crippen LogP contribution in [0.3, 0.4) is 0 Å². The molecule has 2 aliphatic heterocycles. The van der Waals surface area contributed by atoms with Gasteiger partial charge in [-0.05, 0) is 36.8 Å². The summed E-state index contributed by atoms with van der Waals surface area (Å²) < 4.78 is 0. The van der Waals surface area contributed by atoms with Crippen LogP contribution in [0.4, 0.5) is 5.69 Å². The highest BCUT2D eigenvalue weighted by atomic mass is 16.2. The van der Waals surface area contributed by atoms with E-state index in [4.69, 9.17) is 0 Å². The highest BCUT2D eigenvalue weighted by Gasteiger charge is 2.35. The molecule has 8 heteroatoms. The number of hydrogen-bond acceptors (Lipinski definition) is 5. The number of fused-ring (bicyclic) bond motifs is 1. The first kappa shape index (κ1) is 19.5. The Morgan fingerprint density at radius 3 is 2.50 bits per heavy atom. The maximum absolute atomic E-state index is 12.7. The minimum atomic E-state index is -0.494. The minimum Gasteiger partial charge on any atom is -0.308 e. The number of hydrogen-bond donors (Lipinski definition) is 1. The molecule has 2 heterocycles. The van der Waals surface area contributed by atoms with Crippen molar-refractivity contribution in [2.24, 2.45) is 5.10 Å². The number of nitrogens with one attached hydrogen (secondary N) is 1. The van der Waals surface area contributed by atoms with E-state index in [9.17, 15) is 19.2 Å². The average Bonchev–Trinajstić information content (AvgIpc) is 3.24. The normalized spacial score (nSPS) is 15.5. The molecule has 0 fully saturated rings. The van der Waals surface area contributed by atoms with Crippen LogP contribution in [-0.2, 0) is 4.79 Å². The lowest BCUT2D eigenvalue weighted by molar-refractivity contribution is -0.116. The van der Waals surface area contributed by atoms with E-state index in [1.807, 2.05) is 13.0 Å². The first-order valence-corrected chi connectivity index (χ1v) is 9.76. The van der Waals surface area contributed by atoms with Gasteiger partial charge in [-0.2, -0.15) is 10.1 Å². The SMILES string of the molecule is CCCCN1C(=O)c2ccc(C(=O)NC3=NN(c4ccccc4)C(=O)C3)cc2C1=O. The molecular weight excluding hydrogens is 384 g/mol. The maximum atomic E-state index is 12.7. The van der Waals surface area contributed by atoms with Crippen LogP contribution in [0.5, 0.6) is 0 Å². The van der Waals surface area contributed by atoms with E-state index >= 15 is 0 Å². The summed E-state index contributed by atoms with van der Waals surface area (Å²) in [4.78, 5) is 51.1. The zero-order chi connectivity index (χ0) is 21.3. The highest BCUT2D eigenvalue weighted by Crippen LogP contribution is 2.25. The van der Waals surface area contributed by atoms with E-state index in [2.05, 4.69) is 10.4 Å². The third kappa shape index (κ3) is 3.47. The molecule has 0 aliphatic carbocycles. The molecular formula is C22H20N4O4. The molecule has 0 unspecified atom stereocenters. The quantitative estimate of drug-likeness (QED) is 0.774. The third-order valence-electron chi connectivity index (χ3n) is 5.00. The van der Waals surface area contributed by atoms with E-state index in [0.717, 1.165) is 12.8 Å². The molecule has 0 aromatic heterocycles. The van der Waals surface area contributed by atoms with Gasteiger partial charge in [-0.1, -0.05) is 31.5 Å². The Hall–Kier alpha value is -3.81. The molecule has 30 heavy (non-hydrogen) atoms. The van der Waals surface area contributed by atoms with Crippen molar-refractivity contribution in [3.8, 4) is 0 Å². The zero-order valence-electron chi connectivity index (χ0n) is 16.4. The molecule has 0 radical (unpaired) electrons. The fourth-order valence-electron chi connectivity index (χ4n) is 3.42. The number of carbonyl (C=O) groups is 4. The predicted molar refractivity (Wildman–Crippen MR) is 110 cm³/mol. The number of amidine groups is 1. The van der Waals surface area contributed by atoms with Crippen molar-refractivity contribution in [1.82, 2.24) is 10.2 Å². The summed E-state index contributed by atoms with van der Waals surface area (Å²) in [5.41, 5.74) is 1.36. The Bertz CT molecular complexity index is 1080. The monoisotopic (exact) mass is 404 g/mol. The van der Waals surface area contributed by atoms with Crippen molar-refractivity contribution in [3.05, 3.63) is 65.2 Å². The minimum absolute atomic E-state index is 0.0339. The van der Waals surface area contributed by atoms with Crippen LogP contribution in [0, 0.1) is 0 Å². The van der Waals surface area contributed by atoms with Gasteiger partial charge in [0.15, 0.2) is 0 Å². The van der Waals surface area contributed by atoms with Crippen molar-refractivity contribution in [3.63, 3.8) is 0 Å². The summed E-state index contributed by atoms with van der Waals surface area (Å²) in [6.07, 6.45) is 1.56. The van der Waals surface area contributed by atoms with E-state index < -0.39 is 5.91 Å². The van der Waals surface area contributed by atoms with Crippen LogP contribution in [-0.4, -0.2) is 40.9 Å². The molecule has 2 aromatic carbocycles. The second kappa shape index (κ2) is 7.90. The molecule has 2 aromatic rings. The Kier molecular flexibility index (Phi) is 5.14. The van der Waals surface area contributed by atoms with Gasteiger partial charge in [0, 0.05) is 12.1 Å². The van der Waals surface area contributed by atoms with Crippen molar-refractivity contribution in [2.75, 3.05) is 11.6 Å². The van der Waals surface area contributed by atoms with Gasteiger partial charge >= 0.3 is 0 Å². The predicted octanol–water partition coefficient (Wildman–Crippen LogP) is 2.56. The number of carbonyl (C=O) groups excluding carboxylic acids is 4. The molecule has 0 atom stereocenters. The topological polar surface area (TPSA) is 99.2 Å². The Morgan fingerprint density at radius 1 is 1.03 bits per heavy atom. The van der Waals surface area contributed by atoms with Crippen molar-refractivity contribution >= 4 is 35.2 Å². The highest BCUT2D eigenvalue weighted by molar-refractivity contribution is 6.23. The molecule has 152 valence electrons. The summed E-state index contributed by atoms with van der Waals surface area (Å²) in [6, 6.07) is 13.3. The first-order valence-electron chi connectivity index (χ1n) is 9.76. The average molecular weight is 404 g/mol. The standard InChI is InChI=1S/C22H20N4O4/c1-2-3-11-25-21(29)16-10-9-14(12-17(16)22(25)30)20(28)23-18-13-19(27)26(24-18)15-7-5-4-6-8-15/h4-10,12H,2-3,11,13H2,1H3,(H,23,24,28). The third-order valence-corrected chi connectivity index (χ3v) is 5.00. The number of para-hydroxylation sites is 1. The fraction of sp³-hybridized carbons (Fsp3) is 0.227. The number of benzene rings is 2. The molecule has 0 saturated carbocycles. The van der Waals surface area contributed by atoms with Crippen molar-refractivity contribution in [1.29, 1.82) is 0 Å². The summed E-state index contributed by atoms with van der Waals surface area (Å²) >= 11 is 0. The van der Waals surface area contributed by atoms with Gasteiger partial charge in [0.25, 0.3) is 23.6 Å². The molecule has 0 saturated heterocycles. The van der Waals surface area contributed by atoms with Crippen LogP contribution in [0.1, 0.15) is 57.3 Å². The van der Waals surface area contributed by atoms with E-state index in [1.165, 1.54) is 28.1 Å². The van der Waals surface area contributed by atoms with Crippen LogP contribution in [0.2, 0.25) is 0 Å². The molecule has 4 rings (SSSR count). The van der Waals surface area contributed by atoms with Gasteiger partial charge in [0.1, 0.15) is 5.84 Å². The van der Waals surface area contributed by atoms with Crippen LogP contribution >= 0.6 is 0 Å². The van der Waals surface area contributed by atoms with Gasteiger partial charge in [0.05, 0.1) is 23.2 Å². The van der Waals surface area contributed by atoms with Crippen LogP contribution in [0.15, 0.2) is 53.6 Å². The van der Waals surface area contributed by atoms with Crippen LogP contribution < -0.4 is 10.3 Å². The second-order valence-corrected chi connectivity index (χ2v) is 7.09. The van der Waals surface area contributed by atoms with E-state index in [-0.39, 0.29) is 41.1 Å². The van der Waals surface area contributed by atoms with Gasteiger partial charge in [-0.25, -0.2) is 0 Å². The first-order chi connectivity index (χ1) is 14.5. The summed E-state index contributed by atoms with van der Waals surface area (Å²) in [6.45, 7) is 2.34. The lowest BCUT2D eigenvalue weighted by atomic mass is 10.1. The summed E-state index contributed by atoms with van der Waals surface area (Å²) in [7, 11) is 0. The molecule has 4 amide bonds. The molecule has 1 N–H and O–H groups in total. The van der Waals surface area contributed by atoms with E-state index in [1.54, 1.807) is 24.3 Å². The van der Waals surface area contributed by atoms with Gasteiger partial charge < -0.3 is 5.32 Å². The molecule has 0 bridgehead atoms. The number of hydrazone groups is 1. The zero-order valence-corrected chi connectivity index (χ0v) is 16.4. The largest absolute Gasteiger partial charge is 0.308 e. The molecule has 0 spiro atoms. The number of nitrogens with zero attached hydrogens (tertiary/aromatic N) is 3. The Labute approximate surface area is 173 Å². The Balaban J connectivity index is 1.51. The summed E-state index contributed by atoms with van der Waals surface area (Å²) in [5.74, 6) is -1.24. The lowest BCUT2D eigenvalue weighted by Gasteiger charge is -2.12. The summed E-state index contributed by atoms with van der Waals surface area (Å²) in [5, 5.41) is 8.06. The molecule has 2 aliphatic rings. The second-order valence-electron chi connectivity index (χ2n) is 7.09. The smallest absolute Gasteiger partial charge is 0.261 e. The number of unbranched alkanes of at least 4 members (excludes halogenated alkanes) is 1. The fourth-order valence-corrected chi connectivity index (χ4v) is 3.42. The van der Waals surface area contributed by atoms with E-state index in [0.29, 0.717) is 17.8 Å². The number of anilines is 1. The lowest BCUT2D eigenvalue weighted by Crippen LogP contribution is -2.30. The van der Waals surface area contributed by atoms with Gasteiger partial charge in [0.2, 0.25) is 0 Å². The Morgan fingerprint density at radius 2 is 1.77 bits per heavy atom. The number of rotatable bonds is 5. The number of amides is 4. The van der Waals surface area contributed by atoms with Crippen molar-refractivity contribution in [2.45, 2.75) is 26.2 Å².